The number of ether oxygens (including phenoxy) is 1. The van der Waals surface area contributed by atoms with Gasteiger partial charge in [0.1, 0.15) is 0 Å². The molecule has 1 amide bonds. The summed E-state index contributed by atoms with van der Waals surface area (Å²) < 4.78 is 5.84. The van der Waals surface area contributed by atoms with Crippen molar-refractivity contribution in [3.63, 3.8) is 0 Å². The van der Waals surface area contributed by atoms with Crippen LogP contribution in [0.2, 0.25) is 0 Å². The SMILES string of the molecule is CC(C)CCOC1CCN(C(=O)CCc2ccc(C(=O)O)cc2)C1. The molecule has 1 saturated heterocycles. The van der Waals surface area contributed by atoms with Crippen molar-refractivity contribution in [1.82, 2.24) is 4.90 Å². The molecule has 0 bridgehead atoms. The monoisotopic (exact) mass is 333 g/mol. The molecule has 0 radical (unpaired) electrons. The van der Waals surface area contributed by atoms with Gasteiger partial charge in [-0.25, -0.2) is 4.79 Å². The van der Waals surface area contributed by atoms with Crippen LogP contribution < -0.4 is 0 Å². The Kier molecular flexibility index (Phi) is 6.79. The third-order valence-corrected chi connectivity index (χ3v) is 4.37. The molecule has 132 valence electrons. The molecular formula is C19H27NO4. The highest BCUT2D eigenvalue weighted by Gasteiger charge is 2.26. The molecule has 24 heavy (non-hydrogen) atoms. The van der Waals surface area contributed by atoms with Gasteiger partial charge < -0.3 is 14.7 Å². The molecule has 1 aromatic rings. The Morgan fingerprint density at radius 3 is 2.62 bits per heavy atom. The van der Waals surface area contributed by atoms with Gasteiger partial charge in [-0.2, -0.15) is 0 Å². The predicted octanol–water partition coefficient (Wildman–Crippen LogP) is 2.98. The number of amides is 1. The first-order chi connectivity index (χ1) is 11.5. The van der Waals surface area contributed by atoms with E-state index in [1.165, 1.54) is 0 Å². The van der Waals surface area contributed by atoms with Crippen LogP contribution in [0.25, 0.3) is 0 Å². The molecule has 5 nitrogen and oxygen atoms in total. The molecule has 1 aromatic carbocycles. The smallest absolute Gasteiger partial charge is 0.335 e. The summed E-state index contributed by atoms with van der Waals surface area (Å²) in [7, 11) is 0. The summed E-state index contributed by atoms with van der Waals surface area (Å²) in [5.41, 5.74) is 1.25. The Balaban J connectivity index is 1.72. The average molecular weight is 333 g/mol. The standard InChI is InChI=1S/C19H27NO4/c1-14(2)10-12-24-17-9-11-20(13-17)18(21)8-5-15-3-6-16(7-4-15)19(22)23/h3-4,6-7,14,17H,5,8-13H2,1-2H3,(H,22,23). The minimum absolute atomic E-state index is 0.146. The van der Waals surface area contributed by atoms with E-state index in [4.69, 9.17) is 9.84 Å². The van der Waals surface area contributed by atoms with Crippen LogP contribution >= 0.6 is 0 Å². The number of hydrogen-bond acceptors (Lipinski definition) is 3. The van der Waals surface area contributed by atoms with Gasteiger partial charge in [0.25, 0.3) is 0 Å². The first-order valence-corrected chi connectivity index (χ1v) is 8.67. The Morgan fingerprint density at radius 2 is 2.00 bits per heavy atom. The fourth-order valence-corrected chi connectivity index (χ4v) is 2.78. The van der Waals surface area contributed by atoms with E-state index in [-0.39, 0.29) is 17.6 Å². The molecule has 1 N–H and O–H groups in total. The zero-order chi connectivity index (χ0) is 17.5. The second kappa shape index (κ2) is 8.83. The van der Waals surface area contributed by atoms with Crippen molar-refractivity contribution in [2.45, 2.75) is 45.6 Å². The van der Waals surface area contributed by atoms with E-state index < -0.39 is 5.97 Å². The maximum absolute atomic E-state index is 12.3. The first-order valence-electron chi connectivity index (χ1n) is 8.67. The number of carbonyl (C=O) groups excluding carboxylic acids is 1. The Morgan fingerprint density at radius 1 is 1.29 bits per heavy atom. The molecule has 0 aromatic heterocycles. The van der Waals surface area contributed by atoms with E-state index in [0.29, 0.717) is 25.3 Å². The Hall–Kier alpha value is -1.88. The highest BCUT2D eigenvalue weighted by Crippen LogP contribution is 2.16. The lowest BCUT2D eigenvalue weighted by Gasteiger charge is -2.17. The topological polar surface area (TPSA) is 66.8 Å². The number of carbonyl (C=O) groups is 2. The molecule has 1 heterocycles. The second-order valence-corrected chi connectivity index (χ2v) is 6.81. The number of aromatic carboxylic acids is 1. The van der Waals surface area contributed by atoms with E-state index in [1.54, 1.807) is 24.3 Å². The van der Waals surface area contributed by atoms with Crippen LogP contribution in [0.4, 0.5) is 0 Å². The first kappa shape index (κ1) is 18.5. The maximum atomic E-state index is 12.3. The largest absolute Gasteiger partial charge is 0.478 e. The molecule has 2 rings (SSSR count). The molecule has 1 aliphatic heterocycles. The van der Waals surface area contributed by atoms with Crippen molar-refractivity contribution in [3.8, 4) is 0 Å². The van der Waals surface area contributed by atoms with Crippen molar-refractivity contribution in [3.05, 3.63) is 35.4 Å². The van der Waals surface area contributed by atoms with Gasteiger partial charge in [-0.05, 0) is 42.9 Å². The fourth-order valence-electron chi connectivity index (χ4n) is 2.78. The fraction of sp³-hybridized carbons (Fsp3) is 0.579. The second-order valence-electron chi connectivity index (χ2n) is 6.81. The molecule has 1 atom stereocenters. The van der Waals surface area contributed by atoms with Crippen LogP contribution in [0.3, 0.4) is 0 Å². The minimum Gasteiger partial charge on any atom is -0.478 e. The van der Waals surface area contributed by atoms with E-state index in [2.05, 4.69) is 13.8 Å². The number of aryl methyl sites for hydroxylation is 1. The van der Waals surface area contributed by atoms with Crippen molar-refractivity contribution >= 4 is 11.9 Å². The van der Waals surface area contributed by atoms with Gasteiger partial charge in [0, 0.05) is 26.1 Å². The average Bonchev–Trinajstić information content (AvgIpc) is 3.01. The number of carboxylic acids is 1. The normalized spacial score (nSPS) is 17.5. The summed E-state index contributed by atoms with van der Waals surface area (Å²) in [6.45, 7) is 6.58. The molecule has 5 heteroatoms. The molecule has 1 unspecified atom stereocenters. The van der Waals surface area contributed by atoms with Gasteiger partial charge in [-0.1, -0.05) is 26.0 Å². The summed E-state index contributed by atoms with van der Waals surface area (Å²) in [4.78, 5) is 25.0. The molecule has 0 spiro atoms. The lowest BCUT2D eigenvalue weighted by molar-refractivity contribution is -0.130. The third kappa shape index (κ3) is 5.64. The van der Waals surface area contributed by atoms with Crippen LogP contribution in [0.5, 0.6) is 0 Å². The zero-order valence-corrected chi connectivity index (χ0v) is 14.5. The van der Waals surface area contributed by atoms with Crippen LogP contribution in [-0.4, -0.2) is 47.7 Å². The van der Waals surface area contributed by atoms with E-state index in [0.717, 1.165) is 31.6 Å². The zero-order valence-electron chi connectivity index (χ0n) is 14.5. The van der Waals surface area contributed by atoms with Crippen molar-refractivity contribution in [1.29, 1.82) is 0 Å². The van der Waals surface area contributed by atoms with Crippen molar-refractivity contribution in [2.24, 2.45) is 5.92 Å². The molecule has 0 aliphatic carbocycles. The van der Waals surface area contributed by atoms with Gasteiger partial charge >= 0.3 is 5.97 Å². The van der Waals surface area contributed by atoms with Crippen molar-refractivity contribution in [2.75, 3.05) is 19.7 Å². The number of benzene rings is 1. The van der Waals surface area contributed by atoms with Gasteiger partial charge in [0.2, 0.25) is 5.91 Å². The van der Waals surface area contributed by atoms with Gasteiger partial charge in [-0.15, -0.1) is 0 Å². The lowest BCUT2D eigenvalue weighted by Crippen LogP contribution is -2.30. The number of nitrogens with zero attached hydrogens (tertiary/aromatic N) is 1. The molecule has 1 fully saturated rings. The number of likely N-dealkylation sites (tertiary alicyclic amines) is 1. The number of carboxylic acid groups (broad SMARTS) is 1. The summed E-state index contributed by atoms with van der Waals surface area (Å²) in [6.07, 6.45) is 3.22. The third-order valence-electron chi connectivity index (χ3n) is 4.37. The quantitative estimate of drug-likeness (QED) is 0.794. The van der Waals surface area contributed by atoms with E-state index in [9.17, 15) is 9.59 Å². The van der Waals surface area contributed by atoms with Crippen molar-refractivity contribution < 1.29 is 19.4 Å². The van der Waals surface area contributed by atoms with Crippen LogP contribution in [0.1, 0.15) is 49.0 Å². The minimum atomic E-state index is -0.932. The lowest BCUT2D eigenvalue weighted by atomic mass is 10.1. The van der Waals surface area contributed by atoms with Gasteiger partial charge in [0.15, 0.2) is 0 Å². The number of hydrogen-bond donors (Lipinski definition) is 1. The summed E-state index contributed by atoms with van der Waals surface area (Å²) in [5, 5.41) is 8.88. The van der Waals surface area contributed by atoms with Crippen LogP contribution in [0.15, 0.2) is 24.3 Å². The van der Waals surface area contributed by atoms with Crippen LogP contribution in [-0.2, 0) is 16.0 Å². The molecular weight excluding hydrogens is 306 g/mol. The maximum Gasteiger partial charge on any atom is 0.335 e. The molecule has 1 aliphatic rings. The highest BCUT2D eigenvalue weighted by molar-refractivity contribution is 5.87. The molecule has 0 saturated carbocycles. The highest BCUT2D eigenvalue weighted by atomic mass is 16.5. The summed E-state index contributed by atoms with van der Waals surface area (Å²) in [6, 6.07) is 6.71. The van der Waals surface area contributed by atoms with E-state index >= 15 is 0 Å². The van der Waals surface area contributed by atoms with Gasteiger partial charge in [-0.3, -0.25) is 4.79 Å². The Bertz CT molecular complexity index is 553. The summed E-state index contributed by atoms with van der Waals surface area (Å²) >= 11 is 0. The Labute approximate surface area is 143 Å². The number of rotatable bonds is 8. The summed E-state index contributed by atoms with van der Waals surface area (Å²) in [5.74, 6) is -0.151. The predicted molar refractivity (Wildman–Crippen MR) is 92.1 cm³/mol. The van der Waals surface area contributed by atoms with E-state index in [1.807, 2.05) is 4.90 Å². The van der Waals surface area contributed by atoms with Crippen LogP contribution in [0, 0.1) is 5.92 Å². The van der Waals surface area contributed by atoms with Gasteiger partial charge in [0.05, 0.1) is 11.7 Å².